The molecule has 132 valence electrons. The number of nitrogens with one attached hydrogen (secondary N) is 2. The highest BCUT2D eigenvalue weighted by Crippen LogP contribution is 2.22. The molecule has 0 saturated heterocycles. The van der Waals surface area contributed by atoms with Crippen LogP contribution >= 0.6 is 23.4 Å². The summed E-state index contributed by atoms with van der Waals surface area (Å²) in [4.78, 5) is 24.2. The van der Waals surface area contributed by atoms with Crippen LogP contribution in [0.15, 0.2) is 48.5 Å². The third-order valence-electron chi connectivity index (χ3n) is 3.61. The van der Waals surface area contributed by atoms with Gasteiger partial charge in [-0.15, -0.1) is 11.8 Å². The third-order valence-corrected chi connectivity index (χ3v) is 5.08. The van der Waals surface area contributed by atoms with Crippen molar-refractivity contribution >= 4 is 46.6 Å². The summed E-state index contributed by atoms with van der Waals surface area (Å²) >= 11 is 7.30. The molecule has 2 amide bonds. The number of carbonyl (C=O) groups excluding carboxylic acids is 2. The molecule has 2 N–H and O–H groups in total. The molecule has 2 aromatic carbocycles. The second-order valence-electron chi connectivity index (χ2n) is 5.52. The molecule has 1 atom stereocenters. The lowest BCUT2D eigenvalue weighted by Gasteiger charge is -2.13. The number of amides is 2. The average molecular weight is 377 g/mol. The summed E-state index contributed by atoms with van der Waals surface area (Å²) in [5, 5.41) is 5.72. The van der Waals surface area contributed by atoms with E-state index in [0.717, 1.165) is 12.1 Å². The second-order valence-corrected chi connectivity index (χ2v) is 7.26. The number of carbonyl (C=O) groups is 2. The van der Waals surface area contributed by atoms with Crippen LogP contribution in [0, 0.1) is 0 Å². The van der Waals surface area contributed by atoms with Crippen LogP contribution in [0.1, 0.15) is 19.4 Å². The SMILES string of the molecule is CCc1ccc(NC(=O)CS[C@@H](C)C(=O)Nc2ccccc2Cl)cc1. The van der Waals surface area contributed by atoms with Gasteiger partial charge in [-0.25, -0.2) is 0 Å². The molecule has 6 heteroatoms. The molecule has 0 radical (unpaired) electrons. The third kappa shape index (κ3) is 6.11. The monoisotopic (exact) mass is 376 g/mol. The van der Waals surface area contributed by atoms with E-state index in [4.69, 9.17) is 11.6 Å². The minimum Gasteiger partial charge on any atom is -0.325 e. The first-order chi connectivity index (χ1) is 12.0. The summed E-state index contributed by atoms with van der Waals surface area (Å²) in [7, 11) is 0. The lowest BCUT2D eigenvalue weighted by Crippen LogP contribution is -2.25. The number of halogens is 1. The van der Waals surface area contributed by atoms with Gasteiger partial charge in [-0.3, -0.25) is 9.59 Å². The van der Waals surface area contributed by atoms with Gasteiger partial charge in [-0.05, 0) is 43.2 Å². The highest BCUT2D eigenvalue weighted by Gasteiger charge is 2.16. The Kier molecular flexibility index (Phi) is 7.34. The van der Waals surface area contributed by atoms with Crippen molar-refractivity contribution in [3.05, 3.63) is 59.1 Å². The molecule has 0 aliphatic heterocycles. The number of hydrogen-bond acceptors (Lipinski definition) is 3. The number of benzene rings is 2. The zero-order valence-electron chi connectivity index (χ0n) is 14.2. The van der Waals surface area contributed by atoms with E-state index in [1.165, 1.54) is 17.3 Å². The topological polar surface area (TPSA) is 58.2 Å². The van der Waals surface area contributed by atoms with E-state index in [-0.39, 0.29) is 22.8 Å². The first kappa shape index (κ1) is 19.3. The molecule has 0 aliphatic rings. The van der Waals surface area contributed by atoms with Gasteiger partial charge in [0.1, 0.15) is 0 Å². The highest BCUT2D eigenvalue weighted by molar-refractivity contribution is 8.01. The maximum Gasteiger partial charge on any atom is 0.237 e. The van der Waals surface area contributed by atoms with E-state index in [1.54, 1.807) is 31.2 Å². The van der Waals surface area contributed by atoms with Gasteiger partial charge < -0.3 is 10.6 Å². The predicted octanol–water partition coefficient (Wildman–Crippen LogP) is 4.60. The molecular formula is C19H21ClN2O2S. The van der Waals surface area contributed by atoms with Gasteiger partial charge in [-0.1, -0.05) is 42.8 Å². The zero-order chi connectivity index (χ0) is 18.2. The fourth-order valence-corrected chi connectivity index (χ4v) is 2.96. The van der Waals surface area contributed by atoms with E-state index < -0.39 is 0 Å². The smallest absolute Gasteiger partial charge is 0.237 e. The summed E-state index contributed by atoms with van der Waals surface area (Å²) < 4.78 is 0. The van der Waals surface area contributed by atoms with Gasteiger partial charge in [0.05, 0.1) is 21.7 Å². The summed E-state index contributed by atoms with van der Waals surface area (Å²) in [5.74, 6) is -0.114. The summed E-state index contributed by atoms with van der Waals surface area (Å²) in [6.45, 7) is 3.85. The lowest BCUT2D eigenvalue weighted by atomic mass is 10.1. The summed E-state index contributed by atoms with van der Waals surface area (Å²) in [6, 6.07) is 14.8. The number of anilines is 2. The van der Waals surface area contributed by atoms with Gasteiger partial charge in [-0.2, -0.15) is 0 Å². The molecule has 0 bridgehead atoms. The van der Waals surface area contributed by atoms with Crippen LogP contribution in [0.2, 0.25) is 5.02 Å². The Bertz CT molecular complexity index is 734. The Morgan fingerprint density at radius 2 is 1.76 bits per heavy atom. The molecule has 0 spiro atoms. The minimum absolute atomic E-state index is 0.133. The van der Waals surface area contributed by atoms with Crippen molar-refractivity contribution in [2.45, 2.75) is 25.5 Å². The predicted molar refractivity (Wildman–Crippen MR) is 106 cm³/mol. The van der Waals surface area contributed by atoms with Crippen molar-refractivity contribution in [3.8, 4) is 0 Å². The molecule has 0 saturated carbocycles. The second kappa shape index (κ2) is 9.49. The number of aryl methyl sites for hydroxylation is 1. The standard InChI is InChI=1S/C19H21ClN2O2S/c1-3-14-8-10-15(11-9-14)21-18(23)12-25-13(2)19(24)22-17-7-5-4-6-16(17)20/h4-11,13H,3,12H2,1-2H3,(H,21,23)(H,22,24)/t13-/m0/s1. The van der Waals surface area contributed by atoms with E-state index >= 15 is 0 Å². The lowest BCUT2D eigenvalue weighted by molar-refractivity contribution is -0.115. The Labute approximate surface area is 157 Å². The molecule has 0 aromatic heterocycles. The van der Waals surface area contributed by atoms with Crippen molar-refractivity contribution in [2.75, 3.05) is 16.4 Å². The van der Waals surface area contributed by atoms with Crippen LogP contribution in [0.5, 0.6) is 0 Å². The van der Waals surface area contributed by atoms with Crippen LogP contribution < -0.4 is 10.6 Å². The zero-order valence-corrected chi connectivity index (χ0v) is 15.8. The molecule has 25 heavy (non-hydrogen) atoms. The number of para-hydroxylation sites is 1. The van der Waals surface area contributed by atoms with Gasteiger partial charge in [0, 0.05) is 5.69 Å². The van der Waals surface area contributed by atoms with Crippen LogP contribution in [0.4, 0.5) is 11.4 Å². The Balaban J connectivity index is 1.80. The first-order valence-corrected chi connectivity index (χ1v) is 9.48. The average Bonchev–Trinajstić information content (AvgIpc) is 2.62. The number of thioether (sulfide) groups is 1. The van der Waals surface area contributed by atoms with E-state index in [9.17, 15) is 9.59 Å². The van der Waals surface area contributed by atoms with E-state index in [0.29, 0.717) is 10.7 Å². The highest BCUT2D eigenvalue weighted by atomic mass is 35.5. The Morgan fingerprint density at radius 3 is 2.40 bits per heavy atom. The molecular weight excluding hydrogens is 356 g/mol. The largest absolute Gasteiger partial charge is 0.325 e. The van der Waals surface area contributed by atoms with Crippen molar-refractivity contribution in [3.63, 3.8) is 0 Å². The van der Waals surface area contributed by atoms with Crippen molar-refractivity contribution < 1.29 is 9.59 Å². The molecule has 2 rings (SSSR count). The Morgan fingerprint density at radius 1 is 1.08 bits per heavy atom. The molecule has 0 aliphatic carbocycles. The van der Waals surface area contributed by atoms with Gasteiger partial charge in [0.2, 0.25) is 11.8 Å². The van der Waals surface area contributed by atoms with Crippen LogP contribution in [0.3, 0.4) is 0 Å². The van der Waals surface area contributed by atoms with Gasteiger partial charge in [0.25, 0.3) is 0 Å². The molecule has 0 fully saturated rings. The van der Waals surface area contributed by atoms with Crippen LogP contribution in [-0.4, -0.2) is 22.8 Å². The summed E-state index contributed by atoms with van der Waals surface area (Å²) in [5.41, 5.74) is 2.55. The maximum atomic E-state index is 12.2. The van der Waals surface area contributed by atoms with Crippen molar-refractivity contribution in [1.29, 1.82) is 0 Å². The van der Waals surface area contributed by atoms with Crippen molar-refractivity contribution in [2.24, 2.45) is 0 Å². The normalized spacial score (nSPS) is 11.6. The van der Waals surface area contributed by atoms with Crippen LogP contribution in [0.25, 0.3) is 0 Å². The summed E-state index contributed by atoms with van der Waals surface area (Å²) in [6.07, 6.45) is 0.960. The van der Waals surface area contributed by atoms with Gasteiger partial charge >= 0.3 is 0 Å². The maximum absolute atomic E-state index is 12.2. The van der Waals surface area contributed by atoms with E-state index in [2.05, 4.69) is 17.6 Å². The molecule has 0 heterocycles. The first-order valence-electron chi connectivity index (χ1n) is 8.05. The molecule has 4 nitrogen and oxygen atoms in total. The number of hydrogen-bond donors (Lipinski definition) is 2. The van der Waals surface area contributed by atoms with E-state index in [1.807, 2.05) is 24.3 Å². The quantitative estimate of drug-likeness (QED) is 0.742. The Hall–Kier alpha value is -1.98. The van der Waals surface area contributed by atoms with Crippen LogP contribution in [-0.2, 0) is 16.0 Å². The minimum atomic E-state index is -0.371. The number of rotatable bonds is 7. The van der Waals surface area contributed by atoms with Gasteiger partial charge in [0.15, 0.2) is 0 Å². The molecule has 2 aromatic rings. The van der Waals surface area contributed by atoms with Crippen molar-refractivity contribution in [1.82, 2.24) is 0 Å². The molecule has 0 unspecified atom stereocenters. The fraction of sp³-hybridized carbons (Fsp3) is 0.263. The fourth-order valence-electron chi connectivity index (χ4n) is 2.09.